The van der Waals surface area contributed by atoms with Gasteiger partial charge in [-0.2, -0.15) is 4.72 Å². The number of pyridine rings is 1. The molecule has 1 aliphatic rings. The van der Waals surface area contributed by atoms with E-state index in [2.05, 4.69) is 30.6 Å². The largest absolute Gasteiger partial charge is 0.480 e. The van der Waals surface area contributed by atoms with E-state index >= 15 is 0 Å². The fourth-order valence-electron chi connectivity index (χ4n) is 8.27. The molecular weight excluding hydrogens is 935 g/mol. The summed E-state index contributed by atoms with van der Waals surface area (Å²) in [5.41, 5.74) is 1.84. The molecule has 1 atom stereocenters. The number of carboxylic acids is 4. The van der Waals surface area contributed by atoms with E-state index in [-0.39, 0.29) is 113 Å². The number of hydrogen-bond donors (Lipinski definition) is 9. The second kappa shape index (κ2) is 25.2. The third kappa shape index (κ3) is 16.2. The van der Waals surface area contributed by atoms with Crippen LogP contribution < -0.4 is 26.1 Å². The lowest BCUT2D eigenvalue weighted by molar-refractivity contribution is -0.140. The summed E-state index contributed by atoms with van der Waals surface area (Å²) in [6, 6.07) is 6.53. The number of hydrogen-bond acceptors (Lipinski definition) is 15. The molecule has 1 fully saturated rings. The van der Waals surface area contributed by atoms with Crippen LogP contribution in [0.1, 0.15) is 39.0 Å². The molecule has 4 aromatic rings. The summed E-state index contributed by atoms with van der Waals surface area (Å²) >= 11 is 0. The second-order valence-electron chi connectivity index (χ2n) is 17.1. The highest BCUT2D eigenvalue weighted by atomic mass is 32.2. The lowest BCUT2D eigenvalue weighted by atomic mass is 10.1. The van der Waals surface area contributed by atoms with Crippen molar-refractivity contribution in [3.05, 3.63) is 87.0 Å². The molecule has 9 N–H and O–H groups in total. The first kappa shape index (κ1) is 54.2. The molecule has 3 heterocycles. The van der Waals surface area contributed by atoms with Crippen molar-refractivity contribution in [1.82, 2.24) is 49.5 Å². The molecule has 0 spiro atoms. The van der Waals surface area contributed by atoms with Crippen molar-refractivity contribution >= 4 is 62.6 Å². The van der Waals surface area contributed by atoms with Crippen LogP contribution in [0, 0.1) is 20.8 Å². The molecule has 2 amide bonds. The number of benzene rings is 2. The number of sulfonamides is 1. The fraction of sp³-hybridized carbons (Fsp3) is 0.467. The Morgan fingerprint density at radius 2 is 1.30 bits per heavy atom. The van der Waals surface area contributed by atoms with E-state index in [1.807, 2.05) is 0 Å². The van der Waals surface area contributed by atoms with E-state index in [0.717, 1.165) is 11.1 Å². The van der Waals surface area contributed by atoms with Crippen molar-refractivity contribution in [2.45, 2.75) is 51.2 Å². The smallest absolute Gasteiger partial charge is 0.323 e. The number of aromatic amines is 1. The quantitative estimate of drug-likeness (QED) is 0.0444. The number of nitrogens with one attached hydrogen (secondary N) is 5. The van der Waals surface area contributed by atoms with E-state index in [1.54, 1.807) is 87.7 Å². The first-order valence-electron chi connectivity index (χ1n) is 22.5. The Morgan fingerprint density at radius 1 is 0.757 bits per heavy atom. The number of imidazole rings is 1. The Labute approximate surface area is 403 Å². The number of aromatic nitrogens is 3. The monoisotopic (exact) mass is 995 g/mol. The maximum atomic E-state index is 13.9. The highest BCUT2D eigenvalue weighted by Gasteiger charge is 2.29. The molecule has 0 bridgehead atoms. The van der Waals surface area contributed by atoms with Gasteiger partial charge in [0.25, 0.3) is 5.91 Å². The summed E-state index contributed by atoms with van der Waals surface area (Å²) < 4.78 is 30.7. The highest BCUT2D eigenvalue weighted by Crippen LogP contribution is 2.22. The van der Waals surface area contributed by atoms with Crippen LogP contribution >= 0.6 is 0 Å². The summed E-state index contributed by atoms with van der Waals surface area (Å²) in [5.74, 6) is -5.58. The van der Waals surface area contributed by atoms with Crippen LogP contribution in [-0.4, -0.2) is 196 Å². The topological polar surface area (TPSA) is 329 Å². The number of amides is 2. The Hall–Kier alpha value is -6.77. The van der Waals surface area contributed by atoms with Crippen molar-refractivity contribution in [3.63, 3.8) is 0 Å². The summed E-state index contributed by atoms with van der Waals surface area (Å²) in [7, 11) is -4.37. The van der Waals surface area contributed by atoms with Gasteiger partial charge in [0.15, 0.2) is 5.95 Å². The summed E-state index contributed by atoms with van der Waals surface area (Å²) in [6.45, 7) is 5.73. The van der Waals surface area contributed by atoms with Gasteiger partial charge < -0.3 is 45.9 Å². The van der Waals surface area contributed by atoms with Crippen molar-refractivity contribution in [2.24, 2.45) is 0 Å². The molecule has 1 saturated heterocycles. The minimum atomic E-state index is -4.37. The third-order valence-corrected chi connectivity index (χ3v) is 13.3. The van der Waals surface area contributed by atoms with Crippen molar-refractivity contribution < 1.29 is 57.6 Å². The van der Waals surface area contributed by atoms with Gasteiger partial charge >= 0.3 is 23.9 Å². The Bertz CT molecular complexity index is 2640. The minimum Gasteiger partial charge on any atom is -0.480 e. The zero-order chi connectivity index (χ0) is 51.1. The molecule has 24 nitrogen and oxygen atoms in total. The number of fused-ring (bicyclic) bond motifs is 1. The average molecular weight is 996 g/mol. The zero-order valence-electron chi connectivity index (χ0n) is 39.3. The first-order valence-corrected chi connectivity index (χ1v) is 24.0. The van der Waals surface area contributed by atoms with Gasteiger partial charge in [0.2, 0.25) is 21.4 Å². The number of aliphatic carboxylic acids is 4. The van der Waals surface area contributed by atoms with Gasteiger partial charge in [0, 0.05) is 103 Å². The Balaban J connectivity index is 1.30. The summed E-state index contributed by atoms with van der Waals surface area (Å²) in [6.07, 6.45) is 4.85. The molecule has 0 aliphatic carbocycles. The van der Waals surface area contributed by atoms with Crippen LogP contribution in [0.25, 0.3) is 10.9 Å². The van der Waals surface area contributed by atoms with E-state index in [0.29, 0.717) is 35.6 Å². The van der Waals surface area contributed by atoms with Crippen LogP contribution in [0.4, 0.5) is 5.95 Å². The number of carbonyl (C=O) groups excluding carboxylic acids is 2. The first-order chi connectivity index (χ1) is 33.2. The zero-order valence-corrected chi connectivity index (χ0v) is 40.1. The maximum Gasteiger partial charge on any atom is 0.323 e. The Morgan fingerprint density at radius 3 is 1.80 bits per heavy atom. The van der Waals surface area contributed by atoms with Crippen LogP contribution in [0.5, 0.6) is 0 Å². The number of nitrogens with zero attached hydrogens (tertiary/aromatic N) is 6. The predicted octanol–water partition coefficient (Wildman–Crippen LogP) is -0.595. The minimum absolute atomic E-state index is 0.0839. The number of carboxylic acid groups (broad SMARTS) is 4. The van der Waals surface area contributed by atoms with Crippen LogP contribution in [-0.2, 0) is 47.1 Å². The van der Waals surface area contributed by atoms with Crippen molar-refractivity contribution in [2.75, 3.05) is 96.9 Å². The molecule has 380 valence electrons. The third-order valence-electron chi connectivity index (χ3n) is 11.6. The molecule has 0 radical (unpaired) electrons. The van der Waals surface area contributed by atoms with Crippen LogP contribution in [0.3, 0.4) is 0 Å². The number of rotatable bonds is 22. The van der Waals surface area contributed by atoms with Crippen LogP contribution in [0.2, 0.25) is 0 Å². The van der Waals surface area contributed by atoms with Gasteiger partial charge in [-0.3, -0.25) is 53.2 Å². The van der Waals surface area contributed by atoms with E-state index < -0.39 is 57.8 Å². The molecule has 5 rings (SSSR count). The van der Waals surface area contributed by atoms with Gasteiger partial charge in [-0.15, -0.1) is 0 Å². The molecule has 1 aliphatic heterocycles. The van der Waals surface area contributed by atoms with Crippen molar-refractivity contribution in [3.8, 4) is 0 Å². The molecule has 0 saturated carbocycles. The van der Waals surface area contributed by atoms with Gasteiger partial charge in [-0.1, -0.05) is 23.8 Å². The number of carbonyl (C=O) groups is 6. The van der Waals surface area contributed by atoms with E-state index in [4.69, 9.17) is 0 Å². The lowest BCUT2D eigenvalue weighted by Gasteiger charge is -2.32. The number of aryl methyl sites for hydroxylation is 4. The van der Waals surface area contributed by atoms with E-state index in [1.165, 1.54) is 6.20 Å². The summed E-state index contributed by atoms with van der Waals surface area (Å²) in [4.78, 5) is 102. The number of anilines is 1. The SMILES string of the molecule is Cc1cc(C)c(S(=O)(=O)NC(CNC(=O)c2cn(CCCNC(=O)CN3CCN(CC(=O)O)CCN(CC(=O)O)CCN(CC(=O)O)CC3)c3cc(CNc4ncc[nH]4)ccc3c2=O)C(=O)O)c(C)c1. The molecule has 1 unspecified atom stereocenters. The lowest BCUT2D eigenvalue weighted by Crippen LogP contribution is -2.49. The maximum absolute atomic E-state index is 13.9. The highest BCUT2D eigenvalue weighted by molar-refractivity contribution is 7.89. The van der Waals surface area contributed by atoms with E-state index in [9.17, 15) is 62.4 Å². The van der Waals surface area contributed by atoms with Gasteiger partial charge in [0.1, 0.15) is 11.6 Å². The van der Waals surface area contributed by atoms with Crippen molar-refractivity contribution in [1.29, 1.82) is 0 Å². The predicted molar refractivity (Wildman–Crippen MR) is 255 cm³/mol. The molecule has 2 aromatic carbocycles. The average Bonchev–Trinajstić information content (AvgIpc) is 3.80. The normalized spacial score (nSPS) is 15.4. The second-order valence-corrected chi connectivity index (χ2v) is 18.8. The standard InChI is InChI=1S/C45H61N11O13S/c1-29-19-30(2)42(31(3)20-29)70(68,69)51-35(44(66)67)23-49-43(65)34-24-56(36-21-32(5-6-33(36)41(34)64)22-50-45-47-8-9-48-45)10-4-7-46-37(57)25-52-11-13-53(26-38(58)59)15-17-55(28-40(62)63)18-16-54(14-12-52)27-39(60)61/h5-6,8-9,19-21,24,35,51H,4,7,10-18,22-23,25-28H2,1-3H3,(H,46,57)(H,49,65)(H,58,59)(H,60,61)(H,62,63)(H,66,67)(H2,47,48,50). The van der Waals surface area contributed by atoms with Gasteiger partial charge in [-0.05, 0) is 56.0 Å². The Kier molecular flexibility index (Phi) is 19.5. The fourth-order valence-corrected chi connectivity index (χ4v) is 9.91. The summed E-state index contributed by atoms with van der Waals surface area (Å²) in [5, 5.41) is 47.1. The number of H-pyrrole nitrogens is 1. The molecule has 70 heavy (non-hydrogen) atoms. The van der Waals surface area contributed by atoms with Gasteiger partial charge in [-0.25, -0.2) is 13.4 Å². The molecule has 2 aromatic heterocycles. The van der Waals surface area contributed by atoms with Gasteiger partial charge in [0.05, 0.1) is 36.6 Å². The molecular formula is C45H61N11O13S. The van der Waals surface area contributed by atoms with Crippen LogP contribution in [0.15, 0.2) is 58.6 Å². The molecule has 25 heteroatoms.